The van der Waals surface area contributed by atoms with Gasteiger partial charge in [0.1, 0.15) is 6.10 Å². The second kappa shape index (κ2) is 7.31. The number of pyridine rings is 1. The topological polar surface area (TPSA) is 101 Å². The molecule has 2 bridgehead atoms. The number of ether oxygens (including phenoxy) is 1. The lowest BCUT2D eigenvalue weighted by Crippen LogP contribution is -2.46. The van der Waals surface area contributed by atoms with Gasteiger partial charge in [-0.3, -0.25) is 14.6 Å². The molecule has 4 aliphatic rings. The SMILES string of the molecule is CCOC(=O)C1=NO[C@H]2[C@@H]3C[C@H]([C@@H]12)[C@@H]1C(=O)N(N(C)c2ncc(C(F)(F)F)cc2Cl)C(=O)[C@@H]31. The van der Waals surface area contributed by atoms with Crippen LogP contribution in [0.5, 0.6) is 0 Å². The Labute approximate surface area is 190 Å². The molecule has 176 valence electrons. The van der Waals surface area contributed by atoms with Gasteiger partial charge in [0, 0.05) is 19.2 Å². The summed E-state index contributed by atoms with van der Waals surface area (Å²) in [7, 11) is 1.34. The molecule has 3 fully saturated rings. The number of amides is 2. The maximum Gasteiger partial charge on any atom is 0.417 e. The number of fused-ring (bicyclic) bond motifs is 8. The van der Waals surface area contributed by atoms with Gasteiger partial charge in [-0.05, 0) is 25.3 Å². The Kier molecular flexibility index (Phi) is 4.86. The Bertz CT molecular complexity index is 1100. The molecule has 2 saturated carbocycles. The van der Waals surface area contributed by atoms with Crippen molar-refractivity contribution >= 4 is 40.9 Å². The molecule has 13 heteroatoms. The molecule has 3 heterocycles. The summed E-state index contributed by atoms with van der Waals surface area (Å²) < 4.78 is 43.9. The monoisotopic (exact) mass is 486 g/mol. The molecule has 5 rings (SSSR count). The third-order valence-corrected chi connectivity index (χ3v) is 7.19. The minimum absolute atomic E-state index is 0.118. The van der Waals surface area contributed by atoms with E-state index in [1.54, 1.807) is 6.92 Å². The van der Waals surface area contributed by atoms with Crippen LogP contribution in [0.2, 0.25) is 5.02 Å². The Morgan fingerprint density at radius 3 is 2.55 bits per heavy atom. The zero-order valence-corrected chi connectivity index (χ0v) is 18.1. The van der Waals surface area contributed by atoms with Crippen LogP contribution in [0.1, 0.15) is 18.9 Å². The van der Waals surface area contributed by atoms with Crippen LogP contribution < -0.4 is 5.01 Å². The van der Waals surface area contributed by atoms with Crippen molar-refractivity contribution in [1.82, 2.24) is 9.99 Å². The van der Waals surface area contributed by atoms with E-state index in [0.29, 0.717) is 18.7 Å². The van der Waals surface area contributed by atoms with Gasteiger partial charge in [0.2, 0.25) is 0 Å². The van der Waals surface area contributed by atoms with E-state index >= 15 is 0 Å². The Morgan fingerprint density at radius 2 is 1.94 bits per heavy atom. The first kappa shape index (κ1) is 21.9. The van der Waals surface area contributed by atoms with Gasteiger partial charge in [-0.2, -0.15) is 18.2 Å². The minimum atomic E-state index is -4.64. The maximum absolute atomic E-state index is 13.3. The molecule has 9 nitrogen and oxygen atoms in total. The van der Waals surface area contributed by atoms with E-state index in [1.807, 2.05) is 0 Å². The molecular weight excluding hydrogens is 469 g/mol. The smallest absolute Gasteiger partial charge is 0.417 e. The number of rotatable bonds is 4. The first-order valence-corrected chi connectivity index (χ1v) is 10.7. The van der Waals surface area contributed by atoms with E-state index < -0.39 is 53.4 Å². The number of nitrogens with zero attached hydrogens (tertiary/aromatic N) is 4. The van der Waals surface area contributed by atoms with Crippen LogP contribution in [-0.2, 0) is 30.1 Å². The Morgan fingerprint density at radius 1 is 1.27 bits per heavy atom. The minimum Gasteiger partial charge on any atom is -0.461 e. The molecule has 1 aromatic heterocycles. The highest BCUT2D eigenvalue weighted by Gasteiger charge is 2.71. The first-order valence-electron chi connectivity index (χ1n) is 10.3. The number of alkyl halides is 3. The van der Waals surface area contributed by atoms with E-state index in [1.165, 1.54) is 7.05 Å². The van der Waals surface area contributed by atoms with Gasteiger partial charge in [0.15, 0.2) is 11.5 Å². The summed E-state index contributed by atoms with van der Waals surface area (Å²) >= 11 is 6.02. The molecule has 0 aromatic carbocycles. The Balaban J connectivity index is 1.42. The van der Waals surface area contributed by atoms with E-state index in [4.69, 9.17) is 21.2 Å². The zero-order valence-electron chi connectivity index (χ0n) is 17.4. The van der Waals surface area contributed by atoms with Crippen molar-refractivity contribution in [2.75, 3.05) is 18.7 Å². The van der Waals surface area contributed by atoms with Crippen LogP contribution in [0.25, 0.3) is 0 Å². The molecule has 2 aliphatic heterocycles. The van der Waals surface area contributed by atoms with E-state index in [9.17, 15) is 27.6 Å². The van der Waals surface area contributed by atoms with E-state index in [0.717, 1.165) is 10.0 Å². The normalized spacial score (nSPS) is 31.9. The summed E-state index contributed by atoms with van der Waals surface area (Å²) in [6.45, 7) is 1.82. The van der Waals surface area contributed by atoms with E-state index in [2.05, 4.69) is 10.1 Å². The molecule has 0 spiro atoms. The van der Waals surface area contributed by atoms with Gasteiger partial charge in [0.25, 0.3) is 11.8 Å². The highest BCUT2D eigenvalue weighted by molar-refractivity contribution is 6.38. The van der Waals surface area contributed by atoms with Gasteiger partial charge >= 0.3 is 12.1 Å². The van der Waals surface area contributed by atoms with Gasteiger partial charge in [-0.25, -0.2) is 9.78 Å². The molecule has 2 aliphatic carbocycles. The number of esters is 1. The summed E-state index contributed by atoms with van der Waals surface area (Å²) in [5.41, 5.74) is -0.929. The average molecular weight is 487 g/mol. The van der Waals surface area contributed by atoms with Crippen LogP contribution >= 0.6 is 11.6 Å². The van der Waals surface area contributed by atoms with Gasteiger partial charge in [-0.1, -0.05) is 16.8 Å². The summed E-state index contributed by atoms with van der Waals surface area (Å²) in [5, 5.41) is 5.46. The first-order chi connectivity index (χ1) is 15.6. The van der Waals surface area contributed by atoms with Crippen molar-refractivity contribution in [2.45, 2.75) is 25.6 Å². The van der Waals surface area contributed by atoms with Crippen LogP contribution in [-0.4, -0.2) is 53.2 Å². The second-order valence-electron chi connectivity index (χ2n) is 8.45. The number of hydrazine groups is 1. The van der Waals surface area contributed by atoms with Gasteiger partial charge < -0.3 is 9.57 Å². The molecule has 0 unspecified atom stereocenters. The quantitative estimate of drug-likeness (QED) is 0.475. The molecule has 0 N–H and O–H groups in total. The average Bonchev–Trinajstić information content (AvgIpc) is 3.47. The number of aromatic nitrogens is 1. The summed E-state index contributed by atoms with van der Waals surface area (Å²) in [6, 6.07) is 0.691. The number of carbonyl (C=O) groups excluding carboxylic acids is 3. The largest absolute Gasteiger partial charge is 0.461 e. The van der Waals surface area contributed by atoms with Crippen molar-refractivity contribution in [3.63, 3.8) is 0 Å². The van der Waals surface area contributed by atoms with Crippen LogP contribution in [0.15, 0.2) is 17.4 Å². The van der Waals surface area contributed by atoms with Crippen molar-refractivity contribution in [3.05, 3.63) is 22.8 Å². The highest BCUT2D eigenvalue weighted by Crippen LogP contribution is 2.61. The molecule has 2 amide bonds. The van der Waals surface area contributed by atoms with Gasteiger partial charge in [0.05, 0.1) is 34.9 Å². The molecule has 1 aromatic rings. The number of oxime groups is 1. The number of anilines is 1. The molecular formula is C20H18ClF3N4O5. The number of imide groups is 1. The summed E-state index contributed by atoms with van der Waals surface area (Å²) in [5.74, 6) is -4.32. The van der Waals surface area contributed by atoms with Gasteiger partial charge in [-0.15, -0.1) is 0 Å². The molecule has 1 saturated heterocycles. The number of carbonyl (C=O) groups is 3. The highest BCUT2D eigenvalue weighted by atomic mass is 35.5. The van der Waals surface area contributed by atoms with Crippen molar-refractivity contribution < 1.29 is 37.1 Å². The van der Waals surface area contributed by atoms with Crippen molar-refractivity contribution in [3.8, 4) is 0 Å². The van der Waals surface area contributed by atoms with E-state index in [-0.39, 0.29) is 35.0 Å². The van der Waals surface area contributed by atoms with Crippen LogP contribution in [0, 0.1) is 29.6 Å². The van der Waals surface area contributed by atoms with Crippen LogP contribution in [0.3, 0.4) is 0 Å². The fourth-order valence-electron chi connectivity index (χ4n) is 5.70. The fraction of sp³-hybridized carbons (Fsp3) is 0.550. The third-order valence-electron chi connectivity index (χ3n) is 6.91. The number of hydrogen-bond acceptors (Lipinski definition) is 8. The number of hydrogen-bond donors (Lipinski definition) is 0. The lowest BCUT2D eigenvalue weighted by atomic mass is 9.72. The summed E-state index contributed by atoms with van der Waals surface area (Å²) in [6.07, 6.45) is -4.03. The predicted molar refractivity (Wildman–Crippen MR) is 106 cm³/mol. The zero-order chi connectivity index (χ0) is 23.8. The fourth-order valence-corrected chi connectivity index (χ4v) is 5.98. The summed E-state index contributed by atoms with van der Waals surface area (Å²) in [4.78, 5) is 48.1. The Hall–Kier alpha value is -2.89. The molecule has 6 atom stereocenters. The third kappa shape index (κ3) is 3.02. The van der Waals surface area contributed by atoms with Crippen molar-refractivity contribution in [1.29, 1.82) is 0 Å². The number of halogens is 4. The predicted octanol–water partition coefficient (Wildman–Crippen LogP) is 2.29. The standard InChI is InChI=1S/C20H18ClF3N4O5/c1-3-32-19(31)14-13-8-5-9(15(13)33-26-14)12-11(8)17(29)28(18(12)30)27(2)16-10(21)4-7(6-25-16)20(22,23)24/h4,6,8-9,11-13,15H,3,5H2,1-2H3/t8-,9+,11-,12-,13-,15-/m0/s1. The lowest BCUT2D eigenvalue weighted by Gasteiger charge is -2.29. The second-order valence-corrected chi connectivity index (χ2v) is 8.85. The lowest BCUT2D eigenvalue weighted by molar-refractivity contribution is -0.142. The molecule has 0 radical (unpaired) electrons. The van der Waals surface area contributed by atoms with Crippen LogP contribution in [0.4, 0.5) is 19.0 Å². The molecule has 33 heavy (non-hydrogen) atoms. The van der Waals surface area contributed by atoms with Crippen molar-refractivity contribution in [2.24, 2.45) is 34.7 Å². The maximum atomic E-state index is 13.3.